The number of aromatic amines is 1. The normalized spacial score (nSPS) is 10.8. The lowest BCUT2D eigenvalue weighted by atomic mass is 10.1. The van der Waals surface area contributed by atoms with E-state index in [1.165, 1.54) is 28.9 Å². The van der Waals surface area contributed by atoms with Gasteiger partial charge in [0.05, 0.1) is 19.0 Å². The number of nitrogens with one attached hydrogen (secondary N) is 2. The molecule has 2 aromatic heterocycles. The SMILES string of the molecule is COC(=O)c1c(NC(=O)CCCc2c[nH]c3ccccc23)cnn1C. The summed E-state index contributed by atoms with van der Waals surface area (Å²) in [5, 5.41) is 7.91. The molecular weight excluding hydrogens is 320 g/mol. The number of hydrogen-bond acceptors (Lipinski definition) is 4. The summed E-state index contributed by atoms with van der Waals surface area (Å²) in [4.78, 5) is 27.2. The lowest BCUT2D eigenvalue weighted by molar-refractivity contribution is -0.116. The zero-order chi connectivity index (χ0) is 17.8. The van der Waals surface area contributed by atoms with Gasteiger partial charge in [-0.15, -0.1) is 0 Å². The van der Waals surface area contributed by atoms with Gasteiger partial charge < -0.3 is 15.0 Å². The number of amides is 1. The summed E-state index contributed by atoms with van der Waals surface area (Å²) in [6, 6.07) is 8.09. The van der Waals surface area contributed by atoms with Gasteiger partial charge in [-0.25, -0.2) is 4.79 Å². The van der Waals surface area contributed by atoms with Crippen LogP contribution in [0.4, 0.5) is 5.69 Å². The number of carbonyl (C=O) groups is 2. The van der Waals surface area contributed by atoms with E-state index < -0.39 is 5.97 Å². The number of aryl methyl sites for hydroxylation is 2. The van der Waals surface area contributed by atoms with E-state index in [0.29, 0.717) is 18.5 Å². The second-order valence-electron chi connectivity index (χ2n) is 5.78. The molecule has 0 aliphatic heterocycles. The maximum absolute atomic E-state index is 12.2. The van der Waals surface area contributed by atoms with Crippen LogP contribution in [0.3, 0.4) is 0 Å². The fourth-order valence-corrected chi connectivity index (χ4v) is 2.86. The summed E-state index contributed by atoms with van der Waals surface area (Å²) < 4.78 is 6.10. The van der Waals surface area contributed by atoms with Gasteiger partial charge in [0.15, 0.2) is 5.69 Å². The van der Waals surface area contributed by atoms with Gasteiger partial charge in [-0.3, -0.25) is 9.48 Å². The summed E-state index contributed by atoms with van der Waals surface area (Å²) >= 11 is 0. The molecule has 3 aromatic rings. The smallest absolute Gasteiger partial charge is 0.358 e. The fourth-order valence-electron chi connectivity index (χ4n) is 2.86. The number of H-pyrrole nitrogens is 1. The van der Waals surface area contributed by atoms with Crippen molar-refractivity contribution in [2.45, 2.75) is 19.3 Å². The summed E-state index contributed by atoms with van der Waals surface area (Å²) in [5.41, 5.74) is 2.89. The average molecular weight is 340 g/mol. The molecule has 0 radical (unpaired) electrons. The van der Waals surface area contributed by atoms with Crippen molar-refractivity contribution in [3.05, 3.63) is 47.9 Å². The number of para-hydroxylation sites is 1. The Labute approximate surface area is 145 Å². The maximum atomic E-state index is 12.2. The van der Waals surface area contributed by atoms with Crippen LogP contribution in [-0.2, 0) is 23.0 Å². The van der Waals surface area contributed by atoms with Crippen molar-refractivity contribution in [3.8, 4) is 0 Å². The van der Waals surface area contributed by atoms with Crippen molar-refractivity contribution >= 4 is 28.5 Å². The molecule has 25 heavy (non-hydrogen) atoms. The van der Waals surface area contributed by atoms with Gasteiger partial charge in [0.25, 0.3) is 0 Å². The summed E-state index contributed by atoms with van der Waals surface area (Å²) in [7, 11) is 2.92. The topological polar surface area (TPSA) is 89.0 Å². The summed E-state index contributed by atoms with van der Waals surface area (Å²) in [5.74, 6) is -0.688. The van der Waals surface area contributed by atoms with E-state index in [0.717, 1.165) is 11.9 Å². The van der Waals surface area contributed by atoms with Crippen LogP contribution < -0.4 is 5.32 Å². The monoisotopic (exact) mass is 340 g/mol. The van der Waals surface area contributed by atoms with Crippen LogP contribution in [0.5, 0.6) is 0 Å². The molecule has 0 fully saturated rings. The Kier molecular flexibility index (Phi) is 4.83. The van der Waals surface area contributed by atoms with Crippen LogP contribution in [-0.4, -0.2) is 33.8 Å². The summed E-state index contributed by atoms with van der Waals surface area (Å²) in [6.07, 6.45) is 5.30. The Morgan fingerprint density at radius 2 is 2.12 bits per heavy atom. The highest BCUT2D eigenvalue weighted by atomic mass is 16.5. The minimum Gasteiger partial charge on any atom is -0.464 e. The third kappa shape index (κ3) is 3.55. The first-order valence-corrected chi connectivity index (χ1v) is 8.05. The Hall–Kier alpha value is -3.09. The molecule has 7 nitrogen and oxygen atoms in total. The van der Waals surface area contributed by atoms with Gasteiger partial charge in [0.2, 0.25) is 5.91 Å². The van der Waals surface area contributed by atoms with Crippen molar-refractivity contribution in [1.82, 2.24) is 14.8 Å². The largest absolute Gasteiger partial charge is 0.464 e. The van der Waals surface area contributed by atoms with Gasteiger partial charge in [-0.2, -0.15) is 5.10 Å². The fraction of sp³-hybridized carbons (Fsp3) is 0.278. The van der Waals surface area contributed by atoms with Gasteiger partial charge in [0.1, 0.15) is 0 Å². The highest BCUT2D eigenvalue weighted by Gasteiger charge is 2.19. The molecule has 0 aliphatic carbocycles. The van der Waals surface area contributed by atoms with Gasteiger partial charge >= 0.3 is 5.97 Å². The molecule has 2 heterocycles. The quantitative estimate of drug-likeness (QED) is 0.675. The van der Waals surface area contributed by atoms with E-state index in [2.05, 4.69) is 21.5 Å². The number of anilines is 1. The van der Waals surface area contributed by atoms with Crippen molar-refractivity contribution in [2.24, 2.45) is 7.05 Å². The number of carbonyl (C=O) groups excluding carboxylic acids is 2. The Morgan fingerprint density at radius 3 is 2.92 bits per heavy atom. The van der Waals surface area contributed by atoms with Crippen LogP contribution in [0.15, 0.2) is 36.7 Å². The zero-order valence-corrected chi connectivity index (χ0v) is 14.2. The third-order valence-corrected chi connectivity index (χ3v) is 4.12. The van der Waals surface area contributed by atoms with E-state index >= 15 is 0 Å². The number of esters is 1. The number of rotatable bonds is 6. The van der Waals surface area contributed by atoms with Crippen LogP contribution in [0.25, 0.3) is 10.9 Å². The summed E-state index contributed by atoms with van der Waals surface area (Å²) in [6.45, 7) is 0. The van der Waals surface area contributed by atoms with Crippen molar-refractivity contribution in [2.75, 3.05) is 12.4 Å². The van der Waals surface area contributed by atoms with E-state index in [1.807, 2.05) is 24.4 Å². The molecule has 3 rings (SSSR count). The Bertz CT molecular complexity index is 910. The standard InChI is InChI=1S/C18H20N4O3/c1-22-17(18(24)25-2)15(11-20-22)21-16(23)9-5-6-12-10-19-14-8-4-3-7-13(12)14/h3-4,7-8,10-11,19H,5-6,9H2,1-2H3,(H,21,23). The molecule has 2 N–H and O–H groups in total. The predicted octanol–water partition coefficient (Wildman–Crippen LogP) is 2.65. The predicted molar refractivity (Wildman–Crippen MR) is 94.4 cm³/mol. The molecule has 0 aliphatic rings. The molecule has 0 unspecified atom stereocenters. The first kappa shape index (κ1) is 16.8. The molecule has 0 spiro atoms. The van der Waals surface area contributed by atoms with Crippen molar-refractivity contribution in [3.63, 3.8) is 0 Å². The number of ether oxygens (including phenoxy) is 1. The van der Waals surface area contributed by atoms with Crippen LogP contribution in [0, 0.1) is 0 Å². The minimum absolute atomic E-state index is 0.155. The van der Waals surface area contributed by atoms with E-state index in [9.17, 15) is 9.59 Å². The highest BCUT2D eigenvalue weighted by molar-refractivity contribution is 5.99. The Balaban J connectivity index is 1.58. The van der Waals surface area contributed by atoms with Crippen LogP contribution in [0.1, 0.15) is 28.9 Å². The van der Waals surface area contributed by atoms with Gasteiger partial charge in [-0.1, -0.05) is 18.2 Å². The highest BCUT2D eigenvalue weighted by Crippen LogP contribution is 2.20. The number of aromatic nitrogens is 3. The Morgan fingerprint density at radius 1 is 1.32 bits per heavy atom. The first-order chi connectivity index (χ1) is 12.1. The number of nitrogens with zero attached hydrogens (tertiary/aromatic N) is 2. The van der Waals surface area contributed by atoms with Crippen LogP contribution in [0.2, 0.25) is 0 Å². The maximum Gasteiger partial charge on any atom is 0.358 e. The van der Waals surface area contributed by atoms with Gasteiger partial charge in [-0.05, 0) is 24.5 Å². The van der Waals surface area contributed by atoms with E-state index in [4.69, 9.17) is 4.74 Å². The lowest BCUT2D eigenvalue weighted by Crippen LogP contribution is -2.16. The molecule has 1 amide bonds. The van der Waals surface area contributed by atoms with Crippen molar-refractivity contribution < 1.29 is 14.3 Å². The molecule has 7 heteroatoms. The second-order valence-corrected chi connectivity index (χ2v) is 5.78. The van der Waals surface area contributed by atoms with Gasteiger partial charge in [0, 0.05) is 30.6 Å². The third-order valence-electron chi connectivity index (χ3n) is 4.12. The molecule has 130 valence electrons. The number of fused-ring (bicyclic) bond motifs is 1. The zero-order valence-electron chi connectivity index (χ0n) is 14.2. The minimum atomic E-state index is -0.533. The number of benzene rings is 1. The van der Waals surface area contributed by atoms with E-state index in [-0.39, 0.29) is 11.6 Å². The number of hydrogen-bond donors (Lipinski definition) is 2. The molecule has 0 saturated heterocycles. The molecule has 0 saturated carbocycles. The average Bonchev–Trinajstić information content (AvgIpc) is 3.18. The second kappa shape index (κ2) is 7.21. The van der Waals surface area contributed by atoms with Crippen LogP contribution >= 0.6 is 0 Å². The molecular formula is C18H20N4O3. The molecule has 0 atom stereocenters. The van der Waals surface area contributed by atoms with Crippen molar-refractivity contribution in [1.29, 1.82) is 0 Å². The molecule has 1 aromatic carbocycles. The lowest BCUT2D eigenvalue weighted by Gasteiger charge is -2.06. The van der Waals surface area contributed by atoms with E-state index in [1.54, 1.807) is 7.05 Å². The first-order valence-electron chi connectivity index (χ1n) is 8.05. The number of methoxy groups -OCH3 is 1. The molecule has 0 bridgehead atoms.